The van der Waals surface area contributed by atoms with Crippen LogP contribution in [0.3, 0.4) is 0 Å². The summed E-state index contributed by atoms with van der Waals surface area (Å²) >= 11 is 4.37. The monoisotopic (exact) mass is 337 g/mol. The van der Waals surface area contributed by atoms with Crippen LogP contribution < -0.4 is 4.72 Å². The molecule has 17 heavy (non-hydrogen) atoms. The summed E-state index contributed by atoms with van der Waals surface area (Å²) in [6.07, 6.45) is 1.64. The maximum atomic E-state index is 11.8. The van der Waals surface area contributed by atoms with Crippen LogP contribution in [-0.4, -0.2) is 25.1 Å². The standard InChI is InChI=1S/C8H8BrN3O3S2/c9-6-1-2-8(16-6)17(13,14)12-4-3-7-10-5-11-15-7/h1-2,5,12H,3-4H2. The smallest absolute Gasteiger partial charge is 0.250 e. The molecule has 2 aromatic rings. The molecule has 9 heteroatoms. The van der Waals surface area contributed by atoms with E-state index in [4.69, 9.17) is 4.52 Å². The summed E-state index contributed by atoms with van der Waals surface area (Å²) in [7, 11) is -3.44. The molecule has 1 N–H and O–H groups in total. The molecule has 2 aromatic heterocycles. The van der Waals surface area contributed by atoms with Crippen molar-refractivity contribution in [2.24, 2.45) is 0 Å². The maximum Gasteiger partial charge on any atom is 0.250 e. The van der Waals surface area contributed by atoms with Crippen molar-refractivity contribution in [2.75, 3.05) is 6.54 Å². The summed E-state index contributed by atoms with van der Waals surface area (Å²) in [6.45, 7) is 0.222. The molecule has 0 aliphatic heterocycles. The SMILES string of the molecule is O=S(=O)(NCCc1ncno1)c1ccc(Br)s1. The minimum atomic E-state index is -3.44. The summed E-state index contributed by atoms with van der Waals surface area (Å²) in [4.78, 5) is 3.80. The van der Waals surface area contributed by atoms with Crippen molar-refractivity contribution in [3.05, 3.63) is 28.1 Å². The lowest BCUT2D eigenvalue weighted by Gasteiger charge is -2.02. The van der Waals surface area contributed by atoms with E-state index in [9.17, 15) is 8.42 Å². The summed E-state index contributed by atoms with van der Waals surface area (Å²) in [5, 5.41) is 3.43. The lowest BCUT2D eigenvalue weighted by molar-refractivity contribution is 0.377. The van der Waals surface area contributed by atoms with Crippen LogP contribution in [0.1, 0.15) is 5.89 Å². The van der Waals surface area contributed by atoms with Crippen LogP contribution in [-0.2, 0) is 16.4 Å². The van der Waals surface area contributed by atoms with Crippen LogP contribution in [0, 0.1) is 0 Å². The molecule has 0 amide bonds. The topological polar surface area (TPSA) is 85.1 Å². The zero-order chi connectivity index (χ0) is 12.3. The number of aromatic nitrogens is 2. The molecule has 0 saturated heterocycles. The van der Waals surface area contributed by atoms with Crippen LogP contribution in [0.5, 0.6) is 0 Å². The lowest BCUT2D eigenvalue weighted by Crippen LogP contribution is -2.25. The van der Waals surface area contributed by atoms with Gasteiger partial charge in [-0.05, 0) is 28.1 Å². The van der Waals surface area contributed by atoms with Crippen molar-refractivity contribution in [3.63, 3.8) is 0 Å². The quantitative estimate of drug-likeness (QED) is 0.891. The van der Waals surface area contributed by atoms with Gasteiger partial charge in [-0.2, -0.15) is 4.98 Å². The molecule has 2 heterocycles. The van der Waals surface area contributed by atoms with Gasteiger partial charge in [0.15, 0.2) is 6.33 Å². The molecule has 0 aliphatic rings. The average molecular weight is 338 g/mol. The molecule has 0 saturated carbocycles. The minimum Gasteiger partial charge on any atom is -0.340 e. The second kappa shape index (κ2) is 5.25. The van der Waals surface area contributed by atoms with E-state index in [1.807, 2.05) is 0 Å². The number of rotatable bonds is 5. The Morgan fingerprint density at radius 3 is 2.88 bits per heavy atom. The number of halogens is 1. The molecule has 0 bridgehead atoms. The third kappa shape index (κ3) is 3.35. The Morgan fingerprint density at radius 1 is 1.47 bits per heavy atom. The highest BCUT2D eigenvalue weighted by atomic mass is 79.9. The minimum absolute atomic E-state index is 0.222. The summed E-state index contributed by atoms with van der Waals surface area (Å²) in [5.74, 6) is 0.403. The first-order valence-corrected chi connectivity index (χ1v) is 7.68. The molecule has 92 valence electrons. The van der Waals surface area contributed by atoms with Crippen molar-refractivity contribution in [3.8, 4) is 0 Å². The van der Waals surface area contributed by atoms with Gasteiger partial charge in [-0.25, -0.2) is 13.1 Å². The van der Waals surface area contributed by atoms with Crippen LogP contribution in [0.2, 0.25) is 0 Å². The molecule has 0 radical (unpaired) electrons. The van der Waals surface area contributed by atoms with E-state index in [-0.39, 0.29) is 10.8 Å². The molecule has 0 aliphatic carbocycles. The van der Waals surface area contributed by atoms with Crippen LogP contribution in [0.25, 0.3) is 0 Å². The number of thiophene rings is 1. The second-order valence-electron chi connectivity index (χ2n) is 3.04. The van der Waals surface area contributed by atoms with Gasteiger partial charge in [0.05, 0.1) is 3.79 Å². The molecule has 0 aromatic carbocycles. The summed E-state index contributed by atoms with van der Waals surface area (Å²) in [5.41, 5.74) is 0. The number of hydrogen-bond donors (Lipinski definition) is 1. The Morgan fingerprint density at radius 2 is 2.29 bits per heavy atom. The first-order valence-electron chi connectivity index (χ1n) is 4.58. The fraction of sp³-hybridized carbons (Fsp3) is 0.250. The average Bonchev–Trinajstić information content (AvgIpc) is 2.89. The fourth-order valence-corrected chi connectivity index (χ4v) is 4.20. The fourth-order valence-electron chi connectivity index (χ4n) is 1.11. The Bertz CT molecular complexity index is 579. The van der Waals surface area contributed by atoms with Gasteiger partial charge in [-0.1, -0.05) is 5.16 Å². The van der Waals surface area contributed by atoms with Crippen molar-refractivity contribution in [1.29, 1.82) is 0 Å². The molecule has 0 fully saturated rings. The van der Waals surface area contributed by atoms with Gasteiger partial charge in [0.2, 0.25) is 15.9 Å². The number of nitrogens with zero attached hydrogens (tertiary/aromatic N) is 2. The van der Waals surface area contributed by atoms with E-state index in [0.717, 1.165) is 15.1 Å². The van der Waals surface area contributed by atoms with Gasteiger partial charge in [0.1, 0.15) is 4.21 Å². The van der Waals surface area contributed by atoms with Gasteiger partial charge in [-0.15, -0.1) is 11.3 Å². The van der Waals surface area contributed by atoms with Crippen molar-refractivity contribution in [2.45, 2.75) is 10.6 Å². The van der Waals surface area contributed by atoms with E-state index in [2.05, 4.69) is 30.8 Å². The highest BCUT2D eigenvalue weighted by Crippen LogP contribution is 2.25. The summed E-state index contributed by atoms with van der Waals surface area (Å²) in [6, 6.07) is 3.24. The van der Waals surface area contributed by atoms with Crippen LogP contribution in [0.4, 0.5) is 0 Å². The van der Waals surface area contributed by atoms with Gasteiger partial charge in [0, 0.05) is 13.0 Å². The molecule has 0 atom stereocenters. The lowest BCUT2D eigenvalue weighted by atomic mass is 10.4. The first kappa shape index (κ1) is 12.7. The van der Waals surface area contributed by atoms with Crippen LogP contribution >= 0.6 is 27.3 Å². The second-order valence-corrected chi connectivity index (χ2v) is 7.50. The Hall–Kier alpha value is -0.770. The Balaban J connectivity index is 1.94. The molecule has 0 spiro atoms. The van der Waals surface area contributed by atoms with E-state index in [0.29, 0.717) is 12.3 Å². The first-order chi connectivity index (χ1) is 8.08. The molecular weight excluding hydrogens is 330 g/mol. The third-order valence-electron chi connectivity index (χ3n) is 1.85. The predicted octanol–water partition coefficient (Wildman–Crippen LogP) is 1.41. The zero-order valence-corrected chi connectivity index (χ0v) is 11.7. The van der Waals surface area contributed by atoms with E-state index in [1.54, 1.807) is 12.1 Å². The van der Waals surface area contributed by atoms with Gasteiger partial charge < -0.3 is 4.52 Å². The highest BCUT2D eigenvalue weighted by molar-refractivity contribution is 9.11. The predicted molar refractivity (Wildman–Crippen MR) is 65.2 cm³/mol. The van der Waals surface area contributed by atoms with E-state index < -0.39 is 10.0 Å². The van der Waals surface area contributed by atoms with Crippen molar-refractivity contribution >= 4 is 37.3 Å². The Labute approximate surface area is 110 Å². The Kier molecular flexibility index (Phi) is 3.92. The van der Waals surface area contributed by atoms with Crippen molar-refractivity contribution in [1.82, 2.24) is 14.9 Å². The molecule has 2 rings (SSSR count). The van der Waals surface area contributed by atoms with Crippen LogP contribution in [0.15, 0.2) is 31.0 Å². The number of sulfonamides is 1. The molecule has 6 nitrogen and oxygen atoms in total. The number of hydrogen-bond acceptors (Lipinski definition) is 6. The van der Waals surface area contributed by atoms with E-state index in [1.165, 1.54) is 6.33 Å². The highest BCUT2D eigenvalue weighted by Gasteiger charge is 2.16. The van der Waals surface area contributed by atoms with E-state index >= 15 is 0 Å². The zero-order valence-electron chi connectivity index (χ0n) is 8.46. The van der Waals surface area contributed by atoms with Gasteiger partial charge >= 0.3 is 0 Å². The normalized spacial score (nSPS) is 11.8. The van der Waals surface area contributed by atoms with Gasteiger partial charge in [-0.3, -0.25) is 0 Å². The largest absolute Gasteiger partial charge is 0.340 e. The summed E-state index contributed by atoms with van der Waals surface area (Å²) < 4.78 is 31.8. The third-order valence-corrected chi connectivity index (χ3v) is 5.43. The number of nitrogens with one attached hydrogen (secondary N) is 1. The molecule has 0 unspecified atom stereocenters. The van der Waals surface area contributed by atoms with Crippen molar-refractivity contribution < 1.29 is 12.9 Å². The van der Waals surface area contributed by atoms with Gasteiger partial charge in [0.25, 0.3) is 0 Å². The maximum absolute atomic E-state index is 11.8. The molecular formula is C8H8BrN3O3S2.